The molecular weight excluding hydrogens is 554 g/mol. The smallest absolute Gasteiger partial charge is 0.126 e. The van der Waals surface area contributed by atoms with Gasteiger partial charge in [0, 0.05) is 11.1 Å². The Hall–Kier alpha value is -1.26. The number of hydrogen-bond acceptors (Lipinski definition) is 6. The topological polar surface area (TPSA) is 99.4 Å². The van der Waals surface area contributed by atoms with Crippen molar-refractivity contribution in [1.82, 2.24) is 0 Å². The molecule has 0 spiro atoms. The van der Waals surface area contributed by atoms with Gasteiger partial charge in [-0.2, -0.15) is 0 Å². The highest BCUT2D eigenvalue weighted by Crippen LogP contribution is 2.37. The zero-order valence-electron chi connectivity index (χ0n) is 27.6. The minimum absolute atomic E-state index is 0.104. The molecule has 8 heteroatoms. The molecule has 0 bridgehead atoms. The van der Waals surface area contributed by atoms with Crippen molar-refractivity contribution in [2.75, 3.05) is 26.4 Å². The minimum atomic E-state index is -1.11. The quantitative estimate of drug-likeness (QED) is 0.267. The molecule has 0 aliphatic rings. The monoisotopic (exact) mass is 612 g/mol. The van der Waals surface area contributed by atoms with E-state index in [9.17, 15) is 0 Å². The third-order valence-corrected chi connectivity index (χ3v) is 7.41. The maximum Gasteiger partial charge on any atom is 0.126 e. The average molecular weight is 613 g/mol. The molecule has 2 rings (SSSR count). The van der Waals surface area contributed by atoms with E-state index in [2.05, 4.69) is 138 Å². The van der Waals surface area contributed by atoms with E-state index in [4.69, 9.17) is 29.5 Å². The van der Waals surface area contributed by atoms with Gasteiger partial charge in [-0.05, 0) is 44.9 Å². The van der Waals surface area contributed by atoms with Gasteiger partial charge >= 0.3 is 0 Å². The highest BCUT2D eigenvalue weighted by atomic mass is 31.0. The Morgan fingerprint density at radius 1 is 0.488 bits per heavy atom. The van der Waals surface area contributed by atoms with Crippen LogP contribution in [0.25, 0.3) is 0 Å². The normalized spacial score (nSPS) is 12.5. The first kappa shape index (κ1) is 39.7. The fraction of sp³-hybridized carbons (Fsp3) is 0.636. The maximum absolute atomic E-state index is 8.50. The van der Waals surface area contributed by atoms with Crippen molar-refractivity contribution in [2.24, 2.45) is 5.41 Å². The highest BCUT2D eigenvalue weighted by Gasteiger charge is 2.27. The zero-order valence-corrected chi connectivity index (χ0v) is 29.9. The van der Waals surface area contributed by atoms with Crippen LogP contribution in [0.2, 0.25) is 0 Å². The summed E-state index contributed by atoms with van der Waals surface area (Å²) >= 11 is 0. The van der Waals surface area contributed by atoms with E-state index in [0.29, 0.717) is 0 Å². The van der Waals surface area contributed by atoms with Crippen molar-refractivity contribution in [1.29, 1.82) is 0 Å². The van der Waals surface area contributed by atoms with E-state index in [1.165, 1.54) is 22.3 Å². The lowest BCUT2D eigenvalue weighted by molar-refractivity contribution is -0.0328. The van der Waals surface area contributed by atoms with Crippen LogP contribution in [-0.2, 0) is 21.7 Å². The Balaban J connectivity index is 0.000000612. The molecule has 2 unspecified atom stereocenters. The van der Waals surface area contributed by atoms with Crippen LogP contribution in [0.5, 0.6) is 11.5 Å². The first-order valence-electron chi connectivity index (χ1n) is 14.0. The first-order chi connectivity index (χ1) is 18.6. The fourth-order valence-electron chi connectivity index (χ4n) is 3.67. The van der Waals surface area contributed by atoms with E-state index >= 15 is 0 Å². The number of hydrogen-bond donors (Lipinski definition) is 4. The predicted octanol–water partition coefficient (Wildman–Crippen LogP) is 6.84. The molecule has 0 aromatic heterocycles. The van der Waals surface area contributed by atoms with Gasteiger partial charge in [-0.25, -0.2) is 0 Å². The van der Waals surface area contributed by atoms with Gasteiger partial charge in [0.15, 0.2) is 0 Å². The second-order valence-corrected chi connectivity index (χ2v) is 15.3. The first-order valence-corrected chi connectivity index (χ1v) is 15.0. The SMILES string of the molecule is CC(C)(C)c1ccc(OP)c(C(C)(C)C)c1.CC(C)(C)c1ccc(OP)c(C(C)(C)C)c1.OCC(CO)(CO)CO. The van der Waals surface area contributed by atoms with Crippen LogP contribution >= 0.6 is 18.9 Å². The summed E-state index contributed by atoms with van der Waals surface area (Å²) in [7, 11) is 4.66. The van der Waals surface area contributed by atoms with Crippen LogP contribution in [0.3, 0.4) is 0 Å². The van der Waals surface area contributed by atoms with Crippen LogP contribution in [-0.4, -0.2) is 46.9 Å². The number of rotatable bonds is 6. The molecule has 4 N–H and O–H groups in total. The molecule has 6 nitrogen and oxygen atoms in total. The van der Waals surface area contributed by atoms with Gasteiger partial charge < -0.3 is 29.5 Å². The molecule has 0 aliphatic carbocycles. The van der Waals surface area contributed by atoms with Crippen LogP contribution in [0.1, 0.15) is 105 Å². The molecule has 41 heavy (non-hydrogen) atoms. The van der Waals surface area contributed by atoms with E-state index < -0.39 is 31.8 Å². The summed E-state index contributed by atoms with van der Waals surface area (Å²) in [6.45, 7) is 25.0. The molecule has 2 aromatic rings. The molecule has 0 radical (unpaired) electrons. The fourth-order valence-corrected chi connectivity index (χ4v) is 4.08. The summed E-state index contributed by atoms with van der Waals surface area (Å²) in [5, 5.41) is 34.0. The van der Waals surface area contributed by atoms with Gasteiger partial charge in [-0.1, -0.05) is 107 Å². The Labute approximate surface area is 254 Å². The van der Waals surface area contributed by atoms with Crippen LogP contribution in [0.4, 0.5) is 0 Å². The molecule has 0 fully saturated rings. The van der Waals surface area contributed by atoms with E-state index in [0.717, 1.165) is 11.5 Å². The summed E-state index contributed by atoms with van der Waals surface area (Å²) in [4.78, 5) is 0. The molecule has 0 saturated carbocycles. The van der Waals surface area contributed by atoms with Crippen LogP contribution < -0.4 is 9.05 Å². The van der Waals surface area contributed by atoms with E-state index in [1.54, 1.807) is 0 Å². The number of aliphatic hydroxyl groups is 4. The summed E-state index contributed by atoms with van der Waals surface area (Å²) in [5.74, 6) is 1.90. The number of benzene rings is 2. The van der Waals surface area contributed by atoms with Crippen LogP contribution in [0.15, 0.2) is 36.4 Å². The lowest BCUT2D eigenvalue weighted by Crippen LogP contribution is -2.37. The molecule has 0 saturated heterocycles. The van der Waals surface area contributed by atoms with Crippen molar-refractivity contribution in [3.63, 3.8) is 0 Å². The third-order valence-electron chi connectivity index (χ3n) is 6.90. The van der Waals surface area contributed by atoms with Crippen molar-refractivity contribution in [2.45, 2.75) is 105 Å². The van der Waals surface area contributed by atoms with Crippen molar-refractivity contribution in [3.05, 3.63) is 58.7 Å². The standard InChI is InChI=1S/2C14H23OP.C5H12O4/c2*1-13(2,3)10-7-8-12(15-16)11(9-10)14(4,5)6;6-1-5(2-7,3-8)4-9/h2*7-9H,16H2,1-6H3;6-9H,1-4H2. The molecule has 0 heterocycles. The van der Waals surface area contributed by atoms with Gasteiger partial charge in [0.1, 0.15) is 11.5 Å². The minimum Gasteiger partial charge on any atom is -0.480 e. The maximum atomic E-state index is 8.50. The Bertz CT molecular complexity index is 960. The highest BCUT2D eigenvalue weighted by molar-refractivity contribution is 7.10. The predicted molar refractivity (Wildman–Crippen MR) is 179 cm³/mol. The number of aliphatic hydroxyl groups excluding tert-OH is 4. The summed E-state index contributed by atoms with van der Waals surface area (Å²) in [6.07, 6.45) is 0. The van der Waals surface area contributed by atoms with Crippen molar-refractivity contribution < 1.29 is 29.5 Å². The lowest BCUT2D eigenvalue weighted by atomic mass is 9.80. The Morgan fingerprint density at radius 3 is 0.902 bits per heavy atom. The zero-order chi connectivity index (χ0) is 32.4. The second-order valence-electron chi connectivity index (χ2n) is 14.8. The second kappa shape index (κ2) is 16.0. The average Bonchev–Trinajstić information content (AvgIpc) is 2.88. The van der Waals surface area contributed by atoms with Crippen molar-refractivity contribution in [3.8, 4) is 11.5 Å². The Morgan fingerprint density at radius 2 is 0.756 bits per heavy atom. The third kappa shape index (κ3) is 12.5. The van der Waals surface area contributed by atoms with E-state index in [-0.39, 0.29) is 21.7 Å². The van der Waals surface area contributed by atoms with Gasteiger partial charge in [0.2, 0.25) is 0 Å². The molecule has 2 atom stereocenters. The lowest BCUT2D eigenvalue weighted by Gasteiger charge is -2.26. The van der Waals surface area contributed by atoms with E-state index in [1.807, 2.05) is 0 Å². The summed E-state index contributed by atoms with van der Waals surface area (Å²) < 4.78 is 10.7. The summed E-state index contributed by atoms with van der Waals surface area (Å²) in [6, 6.07) is 12.9. The molecular formula is C33H58O6P2. The molecule has 0 aliphatic heterocycles. The van der Waals surface area contributed by atoms with Gasteiger partial charge in [-0.3, -0.25) is 0 Å². The molecule has 2 aromatic carbocycles. The molecule has 0 amide bonds. The largest absolute Gasteiger partial charge is 0.480 e. The van der Waals surface area contributed by atoms with Gasteiger partial charge in [0.25, 0.3) is 0 Å². The summed E-state index contributed by atoms with van der Waals surface area (Å²) in [5.41, 5.74) is 4.68. The Kier molecular flexibility index (Phi) is 15.5. The van der Waals surface area contributed by atoms with Crippen molar-refractivity contribution >= 4 is 18.9 Å². The van der Waals surface area contributed by atoms with Gasteiger partial charge in [0.05, 0.1) is 50.8 Å². The van der Waals surface area contributed by atoms with Crippen LogP contribution in [0, 0.1) is 5.41 Å². The van der Waals surface area contributed by atoms with Gasteiger partial charge in [-0.15, -0.1) is 0 Å². The molecule has 236 valence electrons.